The monoisotopic (exact) mass is 340 g/mol. The molecule has 0 heterocycles. The highest BCUT2D eigenvalue weighted by Gasteiger charge is 2.44. The lowest BCUT2D eigenvalue weighted by atomic mass is 9.76. The van der Waals surface area contributed by atoms with Crippen LogP contribution in [0.1, 0.15) is 50.2 Å². The van der Waals surface area contributed by atoms with Crippen molar-refractivity contribution in [3.8, 4) is 0 Å². The second kappa shape index (κ2) is 6.72. The third kappa shape index (κ3) is 2.59. The number of rotatable bonds is 4. The molecule has 0 N–H and O–H groups in total. The Morgan fingerprint density at radius 2 is 1.27 bits per heavy atom. The van der Waals surface area contributed by atoms with Crippen molar-refractivity contribution < 1.29 is 9.59 Å². The standard InChI is InChI=1S/C24H20O2/c1-2-16-10-6-7-13-18(16)21(17-11-4-3-5-12-17)22-23(25)19-14-8-9-15-20(19)24(22)26/h3-15,21-22H,2H2,1H3. The molecule has 0 aromatic heterocycles. The number of ketones is 2. The van der Waals surface area contributed by atoms with E-state index in [1.54, 1.807) is 12.1 Å². The van der Waals surface area contributed by atoms with Crippen LogP contribution in [0.3, 0.4) is 0 Å². The lowest BCUT2D eigenvalue weighted by Gasteiger charge is -2.25. The second-order valence-corrected chi connectivity index (χ2v) is 6.69. The molecule has 2 heteroatoms. The largest absolute Gasteiger partial charge is 0.293 e. The second-order valence-electron chi connectivity index (χ2n) is 6.69. The Hall–Kier alpha value is -3.00. The molecule has 1 aliphatic rings. The molecule has 0 fully saturated rings. The van der Waals surface area contributed by atoms with Gasteiger partial charge in [0.25, 0.3) is 0 Å². The van der Waals surface area contributed by atoms with Crippen LogP contribution in [0, 0.1) is 5.92 Å². The van der Waals surface area contributed by atoms with E-state index in [1.165, 1.54) is 5.56 Å². The van der Waals surface area contributed by atoms with Crippen molar-refractivity contribution in [3.63, 3.8) is 0 Å². The number of benzene rings is 3. The minimum atomic E-state index is -0.692. The normalized spacial score (nSPS) is 15.1. The summed E-state index contributed by atoms with van der Waals surface area (Å²) in [5.74, 6) is -1.09. The Morgan fingerprint density at radius 1 is 0.731 bits per heavy atom. The molecule has 0 radical (unpaired) electrons. The maximum absolute atomic E-state index is 13.2. The first-order chi connectivity index (χ1) is 12.7. The van der Waals surface area contributed by atoms with Gasteiger partial charge in [0.1, 0.15) is 0 Å². The van der Waals surface area contributed by atoms with Crippen molar-refractivity contribution in [2.24, 2.45) is 5.92 Å². The smallest absolute Gasteiger partial charge is 0.175 e. The van der Waals surface area contributed by atoms with Crippen LogP contribution in [-0.2, 0) is 6.42 Å². The highest BCUT2D eigenvalue weighted by molar-refractivity contribution is 6.27. The molecule has 3 aromatic carbocycles. The van der Waals surface area contributed by atoms with E-state index in [1.807, 2.05) is 54.6 Å². The Labute approximate surface area is 153 Å². The van der Waals surface area contributed by atoms with Crippen LogP contribution in [0.2, 0.25) is 0 Å². The molecule has 0 bridgehead atoms. The number of aryl methyl sites for hydroxylation is 1. The third-order valence-electron chi connectivity index (χ3n) is 5.29. The van der Waals surface area contributed by atoms with Gasteiger partial charge in [-0.2, -0.15) is 0 Å². The number of hydrogen-bond acceptors (Lipinski definition) is 2. The molecule has 0 saturated heterocycles. The Balaban J connectivity index is 1.91. The average Bonchev–Trinajstić information content (AvgIpc) is 2.95. The summed E-state index contributed by atoms with van der Waals surface area (Å²) in [5, 5.41) is 0. The summed E-state index contributed by atoms with van der Waals surface area (Å²) in [6.45, 7) is 2.11. The molecular formula is C24H20O2. The van der Waals surface area contributed by atoms with Crippen molar-refractivity contribution in [2.45, 2.75) is 19.3 Å². The Kier molecular flexibility index (Phi) is 4.26. The van der Waals surface area contributed by atoms with Gasteiger partial charge in [0, 0.05) is 17.0 Å². The topological polar surface area (TPSA) is 34.1 Å². The maximum Gasteiger partial charge on any atom is 0.175 e. The molecule has 1 unspecified atom stereocenters. The van der Waals surface area contributed by atoms with E-state index in [9.17, 15) is 9.59 Å². The van der Waals surface area contributed by atoms with Gasteiger partial charge in [0.15, 0.2) is 11.6 Å². The summed E-state index contributed by atoms with van der Waals surface area (Å²) in [7, 11) is 0. The van der Waals surface area contributed by atoms with Crippen molar-refractivity contribution in [1.82, 2.24) is 0 Å². The maximum atomic E-state index is 13.2. The van der Waals surface area contributed by atoms with Crippen LogP contribution < -0.4 is 0 Å². The number of fused-ring (bicyclic) bond motifs is 1. The average molecular weight is 340 g/mol. The van der Waals surface area contributed by atoms with Gasteiger partial charge in [0.05, 0.1) is 5.92 Å². The summed E-state index contributed by atoms with van der Waals surface area (Å²) in [6, 6.07) is 25.2. The van der Waals surface area contributed by atoms with E-state index >= 15 is 0 Å². The highest BCUT2D eigenvalue weighted by atomic mass is 16.2. The molecule has 4 rings (SSSR count). The van der Waals surface area contributed by atoms with Gasteiger partial charge in [-0.15, -0.1) is 0 Å². The molecule has 0 saturated carbocycles. The summed E-state index contributed by atoms with van der Waals surface area (Å²) in [6.07, 6.45) is 0.863. The first-order valence-corrected chi connectivity index (χ1v) is 9.02. The van der Waals surface area contributed by atoms with Gasteiger partial charge in [-0.3, -0.25) is 9.59 Å². The molecular weight excluding hydrogens is 320 g/mol. The molecule has 1 atom stereocenters. The van der Waals surface area contributed by atoms with Gasteiger partial charge in [-0.25, -0.2) is 0 Å². The zero-order valence-corrected chi connectivity index (χ0v) is 14.7. The third-order valence-corrected chi connectivity index (χ3v) is 5.29. The van der Waals surface area contributed by atoms with Crippen LogP contribution in [0.25, 0.3) is 0 Å². The highest BCUT2D eigenvalue weighted by Crippen LogP contribution is 2.41. The van der Waals surface area contributed by atoms with Gasteiger partial charge in [-0.1, -0.05) is 85.8 Å². The number of Topliss-reactive ketones (excluding diaryl/α,β-unsaturated/α-hetero) is 2. The van der Waals surface area contributed by atoms with E-state index in [0.717, 1.165) is 17.5 Å². The summed E-state index contributed by atoms with van der Waals surface area (Å²) in [4.78, 5) is 26.3. The van der Waals surface area contributed by atoms with E-state index in [-0.39, 0.29) is 17.5 Å². The molecule has 0 spiro atoms. The van der Waals surface area contributed by atoms with Crippen molar-refractivity contribution in [3.05, 3.63) is 107 Å². The molecule has 0 aliphatic heterocycles. The van der Waals surface area contributed by atoms with Gasteiger partial charge >= 0.3 is 0 Å². The van der Waals surface area contributed by atoms with Crippen LogP contribution >= 0.6 is 0 Å². The summed E-state index contributed by atoms with van der Waals surface area (Å²) < 4.78 is 0. The molecule has 128 valence electrons. The van der Waals surface area contributed by atoms with Crippen molar-refractivity contribution >= 4 is 11.6 Å². The minimum Gasteiger partial charge on any atom is -0.293 e. The molecule has 2 nitrogen and oxygen atoms in total. The fourth-order valence-electron chi connectivity index (χ4n) is 4.04. The molecule has 0 amide bonds. The number of hydrogen-bond donors (Lipinski definition) is 0. The minimum absolute atomic E-state index is 0.0645. The quantitative estimate of drug-likeness (QED) is 0.621. The lowest BCUT2D eigenvalue weighted by molar-refractivity contribution is 0.0825. The Bertz CT molecular complexity index is 937. The SMILES string of the molecule is CCc1ccccc1C(c1ccccc1)C1C(=O)c2ccccc2C1=O. The van der Waals surface area contributed by atoms with E-state index in [4.69, 9.17) is 0 Å². The van der Waals surface area contributed by atoms with Crippen LogP contribution in [0.4, 0.5) is 0 Å². The van der Waals surface area contributed by atoms with Crippen LogP contribution in [0.5, 0.6) is 0 Å². The fraction of sp³-hybridized carbons (Fsp3) is 0.167. The van der Waals surface area contributed by atoms with Gasteiger partial charge in [-0.05, 0) is 23.1 Å². The van der Waals surface area contributed by atoms with Crippen LogP contribution in [-0.4, -0.2) is 11.6 Å². The molecule has 26 heavy (non-hydrogen) atoms. The lowest BCUT2D eigenvalue weighted by Crippen LogP contribution is -2.25. The Morgan fingerprint density at radius 3 is 1.88 bits per heavy atom. The zero-order valence-electron chi connectivity index (χ0n) is 14.7. The predicted octanol–water partition coefficient (Wildman–Crippen LogP) is 5.08. The van der Waals surface area contributed by atoms with E-state index in [0.29, 0.717) is 11.1 Å². The van der Waals surface area contributed by atoms with E-state index in [2.05, 4.69) is 19.1 Å². The number of carbonyl (C=O) groups excluding carboxylic acids is 2. The molecule has 1 aliphatic carbocycles. The molecule has 3 aromatic rings. The van der Waals surface area contributed by atoms with Gasteiger partial charge in [0.2, 0.25) is 0 Å². The summed E-state index contributed by atoms with van der Waals surface area (Å²) in [5.41, 5.74) is 4.36. The fourth-order valence-corrected chi connectivity index (χ4v) is 4.04. The van der Waals surface area contributed by atoms with Crippen molar-refractivity contribution in [2.75, 3.05) is 0 Å². The van der Waals surface area contributed by atoms with Crippen molar-refractivity contribution in [1.29, 1.82) is 0 Å². The van der Waals surface area contributed by atoms with Crippen LogP contribution in [0.15, 0.2) is 78.9 Å². The first kappa shape index (κ1) is 16.5. The van der Waals surface area contributed by atoms with Gasteiger partial charge < -0.3 is 0 Å². The predicted molar refractivity (Wildman–Crippen MR) is 103 cm³/mol. The number of carbonyl (C=O) groups is 2. The van der Waals surface area contributed by atoms with E-state index < -0.39 is 5.92 Å². The zero-order chi connectivity index (χ0) is 18.1. The first-order valence-electron chi connectivity index (χ1n) is 9.02. The summed E-state index contributed by atoms with van der Waals surface area (Å²) >= 11 is 0.